The number of carbonyl (C=O) groups is 2. The van der Waals surface area contributed by atoms with E-state index >= 15 is 0 Å². The SMILES string of the molecule is CCN1CCc2c(sc(NC(=O)c3cccc(S(=O)(=O)CC)c3)c2C(N)=O)C1. The van der Waals surface area contributed by atoms with Crippen LogP contribution < -0.4 is 11.1 Å². The highest BCUT2D eigenvalue weighted by atomic mass is 32.2. The summed E-state index contributed by atoms with van der Waals surface area (Å²) in [5.41, 5.74) is 7.07. The van der Waals surface area contributed by atoms with Gasteiger partial charge in [0, 0.05) is 23.5 Å². The Kier molecular flexibility index (Phi) is 5.87. The number of primary amides is 1. The molecule has 0 fully saturated rings. The van der Waals surface area contributed by atoms with Gasteiger partial charge in [-0.15, -0.1) is 11.3 Å². The second-order valence-corrected chi connectivity index (χ2v) is 9.96. The number of anilines is 1. The molecule has 28 heavy (non-hydrogen) atoms. The predicted molar refractivity (Wildman–Crippen MR) is 110 cm³/mol. The highest BCUT2D eigenvalue weighted by Crippen LogP contribution is 2.37. The molecule has 3 N–H and O–H groups in total. The lowest BCUT2D eigenvalue weighted by molar-refractivity contribution is 0.1000. The summed E-state index contributed by atoms with van der Waals surface area (Å²) in [6.45, 7) is 6.09. The average molecular weight is 422 g/mol. The van der Waals surface area contributed by atoms with Gasteiger partial charge in [0.1, 0.15) is 5.00 Å². The van der Waals surface area contributed by atoms with E-state index in [4.69, 9.17) is 5.73 Å². The number of sulfone groups is 1. The number of hydrogen-bond acceptors (Lipinski definition) is 6. The summed E-state index contributed by atoms with van der Waals surface area (Å²) < 4.78 is 24.1. The first-order valence-electron chi connectivity index (χ1n) is 9.07. The van der Waals surface area contributed by atoms with Crippen LogP contribution in [0.5, 0.6) is 0 Å². The molecule has 0 saturated heterocycles. The van der Waals surface area contributed by atoms with Crippen molar-refractivity contribution >= 4 is 38.0 Å². The lowest BCUT2D eigenvalue weighted by Gasteiger charge is -2.25. The quantitative estimate of drug-likeness (QED) is 0.744. The number of nitrogens with two attached hydrogens (primary N) is 1. The summed E-state index contributed by atoms with van der Waals surface area (Å²) in [5, 5.41) is 3.18. The van der Waals surface area contributed by atoms with Gasteiger partial charge in [0.2, 0.25) is 0 Å². The minimum atomic E-state index is -3.42. The topological polar surface area (TPSA) is 110 Å². The summed E-state index contributed by atoms with van der Waals surface area (Å²) in [7, 11) is -3.42. The van der Waals surface area contributed by atoms with Crippen LogP contribution in [0, 0.1) is 0 Å². The molecule has 2 aromatic rings. The third kappa shape index (κ3) is 3.96. The normalized spacial score (nSPS) is 14.5. The fourth-order valence-corrected chi connectivity index (χ4v) is 5.46. The first kappa shape index (κ1) is 20.5. The average Bonchev–Trinajstić information content (AvgIpc) is 3.04. The number of likely N-dealkylation sites (N-methyl/N-ethyl adjacent to an activating group) is 1. The molecule has 0 unspecified atom stereocenters. The molecule has 1 aliphatic heterocycles. The zero-order valence-electron chi connectivity index (χ0n) is 15.8. The van der Waals surface area contributed by atoms with E-state index in [1.807, 2.05) is 0 Å². The van der Waals surface area contributed by atoms with Gasteiger partial charge in [0.05, 0.1) is 16.2 Å². The first-order valence-corrected chi connectivity index (χ1v) is 11.5. The van der Waals surface area contributed by atoms with Crippen molar-refractivity contribution < 1.29 is 18.0 Å². The number of rotatable bonds is 6. The van der Waals surface area contributed by atoms with Crippen molar-refractivity contribution in [3.8, 4) is 0 Å². The van der Waals surface area contributed by atoms with Gasteiger partial charge in [-0.3, -0.25) is 14.5 Å². The number of carbonyl (C=O) groups excluding carboxylic acids is 2. The second-order valence-electron chi connectivity index (χ2n) is 6.58. The van der Waals surface area contributed by atoms with Crippen molar-refractivity contribution in [2.45, 2.75) is 31.7 Å². The van der Waals surface area contributed by atoms with Gasteiger partial charge >= 0.3 is 0 Å². The van der Waals surface area contributed by atoms with Crippen LogP contribution in [0.3, 0.4) is 0 Å². The van der Waals surface area contributed by atoms with Gasteiger partial charge in [-0.25, -0.2) is 8.42 Å². The Balaban J connectivity index is 1.92. The van der Waals surface area contributed by atoms with E-state index in [0.717, 1.165) is 30.1 Å². The molecule has 1 aliphatic rings. The number of fused-ring (bicyclic) bond motifs is 1. The molecule has 1 aromatic heterocycles. The minimum absolute atomic E-state index is 0.0462. The van der Waals surface area contributed by atoms with Crippen LogP contribution >= 0.6 is 11.3 Å². The molecule has 7 nitrogen and oxygen atoms in total. The van der Waals surface area contributed by atoms with Gasteiger partial charge in [0.25, 0.3) is 11.8 Å². The zero-order chi connectivity index (χ0) is 20.5. The Morgan fingerprint density at radius 3 is 2.68 bits per heavy atom. The second kappa shape index (κ2) is 8.02. The summed E-state index contributed by atoms with van der Waals surface area (Å²) in [6.07, 6.45) is 0.706. The van der Waals surface area contributed by atoms with Crippen LogP contribution in [0.25, 0.3) is 0 Å². The standard InChI is InChI=1S/C19H23N3O4S2/c1-3-22-9-8-14-15(11-22)27-19(16(14)17(20)23)21-18(24)12-6-5-7-13(10-12)28(25,26)4-2/h5-7,10H,3-4,8-9,11H2,1-2H3,(H2,20,23)(H,21,24). The predicted octanol–water partition coefficient (Wildman–Crippen LogP) is 2.27. The Bertz CT molecular complexity index is 1030. The molecule has 0 spiro atoms. The first-order chi connectivity index (χ1) is 13.3. The van der Waals surface area contributed by atoms with Gasteiger partial charge in [0.15, 0.2) is 9.84 Å². The number of thiophene rings is 1. The smallest absolute Gasteiger partial charge is 0.256 e. The van der Waals surface area contributed by atoms with E-state index in [1.165, 1.54) is 29.5 Å². The largest absolute Gasteiger partial charge is 0.365 e. The van der Waals surface area contributed by atoms with Crippen LogP contribution in [0.1, 0.15) is 45.0 Å². The van der Waals surface area contributed by atoms with Gasteiger partial charge in [-0.05, 0) is 36.7 Å². The van der Waals surface area contributed by atoms with Crippen LogP contribution in [0.2, 0.25) is 0 Å². The lowest BCUT2D eigenvalue weighted by Crippen LogP contribution is -2.30. The van der Waals surface area contributed by atoms with Crippen molar-refractivity contribution in [2.75, 3.05) is 24.2 Å². The molecule has 0 aliphatic carbocycles. The highest BCUT2D eigenvalue weighted by Gasteiger charge is 2.27. The molecule has 2 heterocycles. The minimum Gasteiger partial charge on any atom is -0.365 e. The summed E-state index contributed by atoms with van der Waals surface area (Å²) in [4.78, 5) is 28.1. The number of benzene rings is 1. The van der Waals surface area contributed by atoms with E-state index in [-0.39, 0.29) is 16.2 Å². The summed E-state index contributed by atoms with van der Waals surface area (Å²) in [5.74, 6) is -1.09. The van der Waals surface area contributed by atoms with Crippen molar-refractivity contribution in [1.29, 1.82) is 0 Å². The maximum absolute atomic E-state index is 12.7. The molecule has 9 heteroatoms. The molecular weight excluding hydrogens is 398 g/mol. The number of amides is 2. The van der Waals surface area contributed by atoms with Gasteiger partial charge in [-0.1, -0.05) is 19.9 Å². The third-order valence-electron chi connectivity index (χ3n) is 4.89. The molecule has 3 rings (SSSR count). The van der Waals surface area contributed by atoms with Gasteiger partial charge in [-0.2, -0.15) is 0 Å². The Morgan fingerprint density at radius 2 is 2.04 bits per heavy atom. The fourth-order valence-electron chi connectivity index (χ4n) is 3.25. The third-order valence-corrected chi connectivity index (χ3v) is 7.76. The lowest BCUT2D eigenvalue weighted by atomic mass is 10.0. The monoisotopic (exact) mass is 421 g/mol. The number of hydrogen-bond donors (Lipinski definition) is 2. The molecule has 0 saturated carbocycles. The van der Waals surface area contributed by atoms with E-state index in [0.29, 0.717) is 17.0 Å². The molecule has 0 radical (unpaired) electrons. The molecule has 0 atom stereocenters. The van der Waals surface area contributed by atoms with E-state index in [2.05, 4.69) is 17.1 Å². The number of nitrogens with one attached hydrogen (secondary N) is 1. The molecule has 1 aromatic carbocycles. The van der Waals surface area contributed by atoms with Crippen LogP contribution in [-0.4, -0.2) is 44.0 Å². The van der Waals surface area contributed by atoms with Crippen LogP contribution in [0.4, 0.5) is 5.00 Å². The van der Waals surface area contributed by atoms with Crippen molar-refractivity contribution in [2.24, 2.45) is 5.73 Å². The van der Waals surface area contributed by atoms with Crippen LogP contribution in [-0.2, 0) is 22.8 Å². The van der Waals surface area contributed by atoms with Crippen molar-refractivity contribution in [3.05, 3.63) is 45.8 Å². The fraction of sp³-hybridized carbons (Fsp3) is 0.368. The highest BCUT2D eigenvalue weighted by molar-refractivity contribution is 7.91. The van der Waals surface area contributed by atoms with E-state index in [9.17, 15) is 18.0 Å². The molecular formula is C19H23N3O4S2. The summed E-state index contributed by atoms with van der Waals surface area (Å²) >= 11 is 1.35. The van der Waals surface area contributed by atoms with E-state index < -0.39 is 21.7 Å². The van der Waals surface area contributed by atoms with Crippen molar-refractivity contribution in [3.63, 3.8) is 0 Å². The van der Waals surface area contributed by atoms with E-state index in [1.54, 1.807) is 13.0 Å². The molecule has 150 valence electrons. The summed E-state index contributed by atoms with van der Waals surface area (Å²) in [6, 6.07) is 5.89. The van der Waals surface area contributed by atoms with Crippen molar-refractivity contribution in [1.82, 2.24) is 4.90 Å². The maximum atomic E-state index is 12.7. The Hall–Kier alpha value is -2.23. The number of nitrogens with zero attached hydrogens (tertiary/aromatic N) is 1. The van der Waals surface area contributed by atoms with Gasteiger partial charge < -0.3 is 11.1 Å². The Morgan fingerprint density at radius 1 is 1.29 bits per heavy atom. The molecule has 0 bridgehead atoms. The molecule has 2 amide bonds. The zero-order valence-corrected chi connectivity index (χ0v) is 17.5. The van der Waals surface area contributed by atoms with Crippen LogP contribution in [0.15, 0.2) is 29.2 Å². The Labute approximate surface area is 168 Å². The maximum Gasteiger partial charge on any atom is 0.256 e.